The van der Waals surface area contributed by atoms with Crippen molar-refractivity contribution in [2.24, 2.45) is 0 Å². The highest BCUT2D eigenvalue weighted by Gasteiger charge is 2.20. The molecule has 0 radical (unpaired) electrons. The lowest BCUT2D eigenvalue weighted by atomic mass is 10.2. The van der Waals surface area contributed by atoms with Crippen LogP contribution in [0.4, 0.5) is 10.2 Å². The number of carboxylic acids is 1. The molecule has 5 nitrogen and oxygen atoms in total. The Kier molecular flexibility index (Phi) is 4.00. The number of carbonyl (C=O) groups is 1. The van der Waals surface area contributed by atoms with E-state index in [1.54, 1.807) is 12.1 Å². The van der Waals surface area contributed by atoms with Gasteiger partial charge in [0.05, 0.1) is 0 Å². The van der Waals surface area contributed by atoms with Crippen molar-refractivity contribution >= 4 is 11.8 Å². The third-order valence-electron chi connectivity index (χ3n) is 3.82. The quantitative estimate of drug-likeness (QED) is 0.906. The average molecular weight is 301 g/mol. The zero-order chi connectivity index (χ0) is 15.5. The van der Waals surface area contributed by atoms with Crippen LogP contribution in [-0.4, -0.2) is 27.1 Å². The van der Waals surface area contributed by atoms with Crippen LogP contribution in [0.2, 0.25) is 0 Å². The SMILES string of the molecule is O=C(O)c1cnc(-c2ccc(F)cc2)nc1NC1CCCC1. The molecule has 1 fully saturated rings. The fourth-order valence-electron chi connectivity index (χ4n) is 2.65. The number of carboxylic acid groups (broad SMARTS) is 1. The third kappa shape index (κ3) is 3.05. The largest absolute Gasteiger partial charge is 0.477 e. The van der Waals surface area contributed by atoms with Crippen molar-refractivity contribution in [2.45, 2.75) is 31.7 Å². The van der Waals surface area contributed by atoms with Gasteiger partial charge >= 0.3 is 5.97 Å². The first-order valence-electron chi connectivity index (χ1n) is 7.26. The van der Waals surface area contributed by atoms with Gasteiger partial charge in [-0.3, -0.25) is 0 Å². The summed E-state index contributed by atoms with van der Waals surface area (Å²) in [5, 5.41) is 12.5. The van der Waals surface area contributed by atoms with Crippen LogP contribution in [0.25, 0.3) is 11.4 Å². The second-order valence-corrected chi connectivity index (χ2v) is 5.39. The van der Waals surface area contributed by atoms with Crippen molar-refractivity contribution < 1.29 is 14.3 Å². The molecule has 1 aromatic heterocycles. The van der Waals surface area contributed by atoms with Gasteiger partial charge in [0.2, 0.25) is 0 Å². The van der Waals surface area contributed by atoms with E-state index < -0.39 is 5.97 Å². The molecule has 1 aromatic carbocycles. The van der Waals surface area contributed by atoms with Gasteiger partial charge in [-0.2, -0.15) is 0 Å². The first-order chi connectivity index (χ1) is 10.6. The molecule has 0 bridgehead atoms. The zero-order valence-corrected chi connectivity index (χ0v) is 11.9. The molecule has 0 atom stereocenters. The summed E-state index contributed by atoms with van der Waals surface area (Å²) in [4.78, 5) is 19.7. The summed E-state index contributed by atoms with van der Waals surface area (Å²) < 4.78 is 13.0. The molecule has 6 heteroatoms. The number of hydrogen-bond donors (Lipinski definition) is 2. The molecule has 3 rings (SSSR count). The summed E-state index contributed by atoms with van der Waals surface area (Å²) in [6.45, 7) is 0. The van der Waals surface area contributed by atoms with E-state index in [0.717, 1.165) is 25.7 Å². The number of nitrogens with zero attached hydrogens (tertiary/aromatic N) is 2. The maximum atomic E-state index is 13.0. The maximum Gasteiger partial charge on any atom is 0.341 e. The van der Waals surface area contributed by atoms with Gasteiger partial charge in [0.15, 0.2) is 5.82 Å². The first-order valence-corrected chi connectivity index (χ1v) is 7.26. The standard InChI is InChI=1S/C16H16FN3O2/c17-11-7-5-10(6-8-11)14-18-9-13(16(21)22)15(20-14)19-12-3-1-2-4-12/h5-9,12H,1-4H2,(H,21,22)(H,18,19,20). The van der Waals surface area contributed by atoms with Gasteiger partial charge in [-0.1, -0.05) is 12.8 Å². The summed E-state index contributed by atoms with van der Waals surface area (Å²) in [7, 11) is 0. The highest BCUT2D eigenvalue weighted by molar-refractivity contribution is 5.93. The summed E-state index contributed by atoms with van der Waals surface area (Å²) in [5.74, 6) is -0.694. The van der Waals surface area contributed by atoms with Gasteiger partial charge in [0.25, 0.3) is 0 Å². The van der Waals surface area contributed by atoms with Crippen molar-refractivity contribution in [2.75, 3.05) is 5.32 Å². The summed E-state index contributed by atoms with van der Waals surface area (Å²) in [5.41, 5.74) is 0.700. The minimum atomic E-state index is -1.06. The molecule has 0 spiro atoms. The molecule has 22 heavy (non-hydrogen) atoms. The Labute approximate surface area is 127 Å². The van der Waals surface area contributed by atoms with Gasteiger partial charge in [-0.15, -0.1) is 0 Å². The molecule has 0 aliphatic heterocycles. The number of nitrogens with one attached hydrogen (secondary N) is 1. The smallest absolute Gasteiger partial charge is 0.341 e. The van der Waals surface area contributed by atoms with E-state index in [1.165, 1.54) is 18.3 Å². The predicted octanol–water partition coefficient (Wildman–Crippen LogP) is 3.34. The fraction of sp³-hybridized carbons (Fsp3) is 0.312. The van der Waals surface area contributed by atoms with Crippen molar-refractivity contribution in [1.29, 1.82) is 0 Å². The van der Waals surface area contributed by atoms with E-state index in [4.69, 9.17) is 0 Å². The molecule has 114 valence electrons. The van der Waals surface area contributed by atoms with Crippen LogP contribution in [0.3, 0.4) is 0 Å². The zero-order valence-electron chi connectivity index (χ0n) is 11.9. The molecule has 1 aliphatic rings. The van der Waals surface area contributed by atoms with Crippen LogP contribution in [0.1, 0.15) is 36.0 Å². The number of halogens is 1. The predicted molar refractivity (Wildman–Crippen MR) is 80.3 cm³/mol. The van der Waals surface area contributed by atoms with Crippen LogP contribution in [0.5, 0.6) is 0 Å². The number of anilines is 1. The van der Waals surface area contributed by atoms with Gasteiger partial charge in [0, 0.05) is 17.8 Å². The minimum absolute atomic E-state index is 0.0535. The van der Waals surface area contributed by atoms with Gasteiger partial charge < -0.3 is 10.4 Å². The second kappa shape index (κ2) is 6.09. The van der Waals surface area contributed by atoms with E-state index in [9.17, 15) is 14.3 Å². The molecular weight excluding hydrogens is 285 g/mol. The molecule has 1 saturated carbocycles. The molecule has 1 aliphatic carbocycles. The third-order valence-corrected chi connectivity index (χ3v) is 3.82. The number of aromatic nitrogens is 2. The van der Waals surface area contributed by atoms with E-state index in [1.807, 2.05) is 0 Å². The monoisotopic (exact) mass is 301 g/mol. The lowest BCUT2D eigenvalue weighted by Crippen LogP contribution is -2.19. The molecule has 2 aromatic rings. The van der Waals surface area contributed by atoms with Crippen molar-refractivity contribution in [3.8, 4) is 11.4 Å². The normalized spacial score (nSPS) is 15.0. The number of rotatable bonds is 4. The minimum Gasteiger partial charge on any atom is -0.477 e. The molecule has 0 unspecified atom stereocenters. The van der Waals surface area contributed by atoms with Crippen LogP contribution in [0, 0.1) is 5.82 Å². The Hall–Kier alpha value is -2.50. The Morgan fingerprint density at radius 3 is 2.55 bits per heavy atom. The summed E-state index contributed by atoms with van der Waals surface area (Å²) >= 11 is 0. The number of hydrogen-bond acceptors (Lipinski definition) is 4. The van der Waals surface area contributed by atoms with E-state index in [0.29, 0.717) is 17.2 Å². The molecule has 0 saturated heterocycles. The van der Waals surface area contributed by atoms with Crippen LogP contribution in [-0.2, 0) is 0 Å². The Morgan fingerprint density at radius 1 is 1.23 bits per heavy atom. The Bertz CT molecular complexity index is 682. The van der Waals surface area contributed by atoms with Gasteiger partial charge in [-0.25, -0.2) is 19.2 Å². The molecule has 0 amide bonds. The lowest BCUT2D eigenvalue weighted by Gasteiger charge is -2.15. The Balaban J connectivity index is 1.95. The summed E-state index contributed by atoms with van der Waals surface area (Å²) in [6.07, 6.45) is 5.58. The summed E-state index contributed by atoms with van der Waals surface area (Å²) in [6, 6.07) is 6.05. The van der Waals surface area contributed by atoms with E-state index >= 15 is 0 Å². The molecule has 2 N–H and O–H groups in total. The van der Waals surface area contributed by atoms with Crippen molar-refractivity contribution in [1.82, 2.24) is 9.97 Å². The van der Waals surface area contributed by atoms with Crippen LogP contribution in [0.15, 0.2) is 30.5 Å². The van der Waals surface area contributed by atoms with Crippen molar-refractivity contribution in [3.63, 3.8) is 0 Å². The topological polar surface area (TPSA) is 75.1 Å². The van der Waals surface area contributed by atoms with Crippen LogP contribution >= 0.6 is 0 Å². The molecule has 1 heterocycles. The van der Waals surface area contributed by atoms with E-state index in [2.05, 4.69) is 15.3 Å². The van der Waals surface area contributed by atoms with Gasteiger partial charge in [0.1, 0.15) is 17.2 Å². The van der Waals surface area contributed by atoms with E-state index in [-0.39, 0.29) is 17.4 Å². The lowest BCUT2D eigenvalue weighted by molar-refractivity contribution is 0.0697. The van der Waals surface area contributed by atoms with Crippen LogP contribution < -0.4 is 5.32 Å². The highest BCUT2D eigenvalue weighted by atomic mass is 19.1. The Morgan fingerprint density at radius 2 is 1.91 bits per heavy atom. The fourth-order valence-corrected chi connectivity index (χ4v) is 2.65. The number of benzene rings is 1. The first kappa shape index (κ1) is 14.4. The average Bonchev–Trinajstić information content (AvgIpc) is 3.00. The highest BCUT2D eigenvalue weighted by Crippen LogP contribution is 2.25. The second-order valence-electron chi connectivity index (χ2n) is 5.39. The van der Waals surface area contributed by atoms with Crippen molar-refractivity contribution in [3.05, 3.63) is 41.8 Å². The maximum absolute atomic E-state index is 13.0. The van der Waals surface area contributed by atoms with Gasteiger partial charge in [-0.05, 0) is 37.1 Å². The number of aromatic carboxylic acids is 1. The molecular formula is C16H16FN3O2.